The molecule has 0 radical (unpaired) electrons. The van der Waals surface area contributed by atoms with Gasteiger partial charge in [-0.05, 0) is 70.5 Å². The Hall–Kier alpha value is -0.260. The fourth-order valence-electron chi connectivity index (χ4n) is 1.91. The van der Waals surface area contributed by atoms with Gasteiger partial charge in [0.15, 0.2) is 0 Å². The Bertz CT molecular complexity index is 601. The number of aryl methyl sites for hydroxylation is 1. The lowest BCUT2D eigenvalue weighted by Gasteiger charge is -2.15. The number of benzene rings is 2. The molecule has 1 atom stereocenters. The van der Waals surface area contributed by atoms with E-state index in [2.05, 4.69) is 57.6 Å². The zero-order valence-electron chi connectivity index (χ0n) is 10.6. The minimum atomic E-state index is 0.132. The van der Waals surface area contributed by atoms with Crippen molar-refractivity contribution in [2.45, 2.75) is 11.8 Å². The van der Waals surface area contributed by atoms with Crippen LogP contribution in [0.1, 0.15) is 21.5 Å². The van der Waals surface area contributed by atoms with Crippen LogP contribution in [0.2, 0.25) is 5.02 Å². The van der Waals surface area contributed by atoms with Gasteiger partial charge in [-0.25, -0.2) is 0 Å². The third kappa shape index (κ3) is 3.44. The number of methoxy groups -OCH3 is 1. The van der Waals surface area contributed by atoms with Crippen molar-refractivity contribution in [3.05, 3.63) is 61.7 Å². The van der Waals surface area contributed by atoms with E-state index >= 15 is 0 Å². The molecule has 0 aromatic heterocycles. The molecule has 1 unspecified atom stereocenters. The summed E-state index contributed by atoms with van der Waals surface area (Å²) in [6, 6.07) is 12.2. The van der Waals surface area contributed by atoms with E-state index < -0.39 is 0 Å². The molecule has 100 valence electrons. The minimum Gasteiger partial charge on any atom is -0.497 e. The van der Waals surface area contributed by atoms with Gasteiger partial charge in [-0.15, -0.1) is 0 Å². The van der Waals surface area contributed by atoms with Crippen molar-refractivity contribution in [2.24, 2.45) is 0 Å². The molecule has 0 fully saturated rings. The van der Waals surface area contributed by atoms with Gasteiger partial charge in [-0.2, -0.15) is 0 Å². The van der Waals surface area contributed by atoms with Crippen molar-refractivity contribution in [3.63, 3.8) is 0 Å². The summed E-state index contributed by atoms with van der Waals surface area (Å²) >= 11 is 12.2. The normalized spacial score (nSPS) is 12.3. The van der Waals surface area contributed by atoms with Gasteiger partial charge < -0.3 is 4.74 Å². The first kappa shape index (κ1) is 15.1. The molecule has 1 nitrogen and oxygen atoms in total. The molecule has 0 aliphatic carbocycles. The van der Waals surface area contributed by atoms with Crippen LogP contribution < -0.4 is 4.74 Å². The average Bonchev–Trinajstić information content (AvgIpc) is 2.41. The third-order valence-corrected chi connectivity index (χ3v) is 5.58. The Morgan fingerprint density at radius 1 is 1.21 bits per heavy atom. The Morgan fingerprint density at radius 2 is 1.95 bits per heavy atom. The summed E-state index contributed by atoms with van der Waals surface area (Å²) in [6.45, 7) is 2.08. The quantitative estimate of drug-likeness (QED) is 0.427. The SMILES string of the molecule is COc1ccc(C(Br)c2ccc(I)c(Cl)c2)c(C)c1. The standard InChI is InChI=1S/C15H13BrClIO/c1-9-7-11(19-2)4-5-12(9)15(16)10-3-6-14(18)13(17)8-10/h3-8,15H,1-2H3. The van der Waals surface area contributed by atoms with E-state index in [1.54, 1.807) is 7.11 Å². The van der Waals surface area contributed by atoms with Crippen LogP contribution in [-0.2, 0) is 0 Å². The van der Waals surface area contributed by atoms with E-state index in [0.717, 1.165) is 19.9 Å². The Labute approximate surface area is 140 Å². The van der Waals surface area contributed by atoms with Gasteiger partial charge in [-0.3, -0.25) is 0 Å². The van der Waals surface area contributed by atoms with E-state index in [-0.39, 0.29) is 4.83 Å². The van der Waals surface area contributed by atoms with E-state index in [4.69, 9.17) is 16.3 Å². The van der Waals surface area contributed by atoms with Gasteiger partial charge in [0, 0.05) is 3.57 Å². The number of hydrogen-bond acceptors (Lipinski definition) is 1. The summed E-state index contributed by atoms with van der Waals surface area (Å²) in [4.78, 5) is 0.132. The highest BCUT2D eigenvalue weighted by Crippen LogP contribution is 2.36. The summed E-state index contributed by atoms with van der Waals surface area (Å²) in [7, 11) is 1.68. The van der Waals surface area contributed by atoms with E-state index in [9.17, 15) is 0 Å². The van der Waals surface area contributed by atoms with Crippen molar-refractivity contribution in [2.75, 3.05) is 7.11 Å². The molecular weight excluding hydrogens is 438 g/mol. The van der Waals surface area contributed by atoms with Crippen molar-refractivity contribution in [1.82, 2.24) is 0 Å². The van der Waals surface area contributed by atoms with Gasteiger partial charge in [0.25, 0.3) is 0 Å². The molecule has 0 spiro atoms. The number of alkyl halides is 1. The minimum absolute atomic E-state index is 0.132. The Kier molecular flexibility index (Phi) is 5.15. The monoisotopic (exact) mass is 450 g/mol. The maximum atomic E-state index is 6.18. The number of halogens is 3. The fourth-order valence-corrected chi connectivity index (χ4v) is 3.23. The van der Waals surface area contributed by atoms with Crippen LogP contribution >= 0.6 is 50.1 Å². The smallest absolute Gasteiger partial charge is 0.119 e. The first-order valence-corrected chi connectivity index (χ1v) is 8.13. The molecule has 0 saturated carbocycles. The predicted molar refractivity (Wildman–Crippen MR) is 92.7 cm³/mol. The second-order valence-corrected chi connectivity index (χ2v) is 6.74. The summed E-state index contributed by atoms with van der Waals surface area (Å²) in [5.41, 5.74) is 3.56. The van der Waals surface area contributed by atoms with E-state index in [1.807, 2.05) is 24.3 Å². The molecule has 0 aliphatic rings. The lowest BCUT2D eigenvalue weighted by Crippen LogP contribution is -1.97. The molecule has 0 bridgehead atoms. The molecule has 2 rings (SSSR count). The van der Waals surface area contributed by atoms with Crippen LogP contribution in [0.4, 0.5) is 0 Å². The van der Waals surface area contributed by atoms with Crippen LogP contribution in [0.3, 0.4) is 0 Å². The predicted octanol–water partition coefficient (Wildman–Crippen LogP) is 5.75. The number of ether oxygens (including phenoxy) is 1. The Balaban J connectivity index is 2.38. The van der Waals surface area contributed by atoms with E-state index in [1.165, 1.54) is 11.1 Å². The number of hydrogen-bond donors (Lipinski definition) is 0. The van der Waals surface area contributed by atoms with Gasteiger partial charge in [-0.1, -0.05) is 39.7 Å². The van der Waals surface area contributed by atoms with Crippen molar-refractivity contribution in [3.8, 4) is 5.75 Å². The maximum absolute atomic E-state index is 6.18. The van der Waals surface area contributed by atoms with Crippen molar-refractivity contribution < 1.29 is 4.74 Å². The molecular formula is C15H13BrClIO. The first-order chi connectivity index (χ1) is 9.02. The topological polar surface area (TPSA) is 9.23 Å². The highest BCUT2D eigenvalue weighted by Gasteiger charge is 2.14. The maximum Gasteiger partial charge on any atom is 0.119 e. The summed E-state index contributed by atoms with van der Waals surface area (Å²) in [5.74, 6) is 0.876. The molecule has 0 amide bonds. The van der Waals surface area contributed by atoms with Gasteiger partial charge in [0.2, 0.25) is 0 Å². The largest absolute Gasteiger partial charge is 0.497 e. The zero-order valence-corrected chi connectivity index (χ0v) is 15.1. The van der Waals surface area contributed by atoms with E-state index in [0.29, 0.717) is 0 Å². The highest BCUT2D eigenvalue weighted by atomic mass is 127. The molecule has 0 N–H and O–H groups in total. The summed E-state index contributed by atoms with van der Waals surface area (Å²) < 4.78 is 6.30. The van der Waals surface area contributed by atoms with Gasteiger partial charge >= 0.3 is 0 Å². The molecule has 0 saturated heterocycles. The van der Waals surface area contributed by atoms with Crippen LogP contribution in [-0.4, -0.2) is 7.11 Å². The highest BCUT2D eigenvalue weighted by molar-refractivity contribution is 14.1. The van der Waals surface area contributed by atoms with Gasteiger partial charge in [0.1, 0.15) is 5.75 Å². The molecule has 2 aromatic carbocycles. The molecule has 2 aromatic rings. The molecule has 19 heavy (non-hydrogen) atoms. The summed E-state index contributed by atoms with van der Waals surface area (Å²) in [6.07, 6.45) is 0. The van der Waals surface area contributed by atoms with Crippen LogP contribution in [0.5, 0.6) is 5.75 Å². The van der Waals surface area contributed by atoms with Crippen molar-refractivity contribution in [1.29, 1.82) is 0 Å². The average molecular weight is 452 g/mol. The summed E-state index contributed by atoms with van der Waals surface area (Å²) in [5, 5.41) is 0.786. The second kappa shape index (κ2) is 6.46. The van der Waals surface area contributed by atoms with Crippen LogP contribution in [0, 0.1) is 10.5 Å². The first-order valence-electron chi connectivity index (χ1n) is 5.76. The molecule has 0 heterocycles. The lowest BCUT2D eigenvalue weighted by atomic mass is 10.0. The second-order valence-electron chi connectivity index (χ2n) is 4.26. The molecule has 0 aliphatic heterocycles. The van der Waals surface area contributed by atoms with Crippen LogP contribution in [0.15, 0.2) is 36.4 Å². The zero-order chi connectivity index (χ0) is 14.0. The fraction of sp³-hybridized carbons (Fsp3) is 0.200. The van der Waals surface area contributed by atoms with Crippen LogP contribution in [0.25, 0.3) is 0 Å². The lowest BCUT2D eigenvalue weighted by molar-refractivity contribution is 0.414. The van der Waals surface area contributed by atoms with Crippen molar-refractivity contribution >= 4 is 50.1 Å². The Morgan fingerprint density at radius 3 is 2.53 bits per heavy atom. The molecule has 4 heteroatoms. The van der Waals surface area contributed by atoms with Gasteiger partial charge in [0.05, 0.1) is 17.0 Å². The number of rotatable bonds is 3. The third-order valence-electron chi connectivity index (χ3n) is 2.99.